The highest BCUT2D eigenvalue weighted by Crippen LogP contribution is 2.20. The maximum atomic E-state index is 13.6. The Morgan fingerprint density at radius 2 is 1.62 bits per heavy atom. The minimum atomic E-state index is -0.511. The van der Waals surface area contributed by atoms with E-state index in [4.69, 9.17) is 4.74 Å². The molecule has 1 aliphatic heterocycles. The molecule has 0 unspecified atom stereocenters. The van der Waals surface area contributed by atoms with Crippen molar-refractivity contribution in [2.75, 3.05) is 18.5 Å². The second kappa shape index (κ2) is 12.8. The fourth-order valence-corrected chi connectivity index (χ4v) is 4.49. The molecule has 5 rings (SSSR count). The summed E-state index contributed by atoms with van der Waals surface area (Å²) in [5.74, 6) is -0.804. The van der Waals surface area contributed by atoms with Gasteiger partial charge in [0, 0.05) is 25.2 Å². The van der Waals surface area contributed by atoms with Crippen LogP contribution in [0.5, 0.6) is 5.75 Å². The SMILES string of the molecule is O=C(COc1ccc(/C=N\NC(=O)c2ccc(CN3CCc4ccccc4C3)cc2)cc1)Nc1ccccc1F. The van der Waals surface area contributed by atoms with E-state index < -0.39 is 11.7 Å². The summed E-state index contributed by atoms with van der Waals surface area (Å²) in [6, 6.07) is 28.9. The van der Waals surface area contributed by atoms with Gasteiger partial charge in [-0.05, 0) is 77.2 Å². The van der Waals surface area contributed by atoms with Gasteiger partial charge < -0.3 is 10.1 Å². The van der Waals surface area contributed by atoms with Gasteiger partial charge in [-0.15, -0.1) is 0 Å². The molecule has 4 aromatic carbocycles. The molecular weight excluding hydrogens is 507 g/mol. The molecule has 7 nitrogen and oxygen atoms in total. The molecule has 0 saturated carbocycles. The Balaban J connectivity index is 1.06. The van der Waals surface area contributed by atoms with E-state index in [2.05, 4.69) is 45.0 Å². The number of hydrogen-bond acceptors (Lipinski definition) is 5. The third-order valence-corrected chi connectivity index (χ3v) is 6.61. The summed E-state index contributed by atoms with van der Waals surface area (Å²) in [6.45, 7) is 2.53. The van der Waals surface area contributed by atoms with Crippen molar-refractivity contribution < 1.29 is 18.7 Å². The van der Waals surface area contributed by atoms with E-state index in [9.17, 15) is 14.0 Å². The molecule has 0 bridgehead atoms. The summed E-state index contributed by atoms with van der Waals surface area (Å²) in [5.41, 5.74) is 7.89. The van der Waals surface area contributed by atoms with E-state index >= 15 is 0 Å². The fraction of sp³-hybridized carbons (Fsp3) is 0.156. The summed E-state index contributed by atoms with van der Waals surface area (Å²) in [5, 5.41) is 6.51. The number of nitrogens with one attached hydrogen (secondary N) is 2. The number of amides is 2. The van der Waals surface area contributed by atoms with Crippen LogP contribution in [0.3, 0.4) is 0 Å². The lowest BCUT2D eigenvalue weighted by molar-refractivity contribution is -0.118. The quantitative estimate of drug-likeness (QED) is 0.229. The first kappa shape index (κ1) is 26.8. The zero-order chi connectivity index (χ0) is 27.7. The second-order valence-electron chi connectivity index (χ2n) is 9.51. The highest BCUT2D eigenvalue weighted by atomic mass is 19.1. The number of benzene rings is 4. The van der Waals surface area contributed by atoms with Gasteiger partial charge in [0.05, 0.1) is 11.9 Å². The molecule has 40 heavy (non-hydrogen) atoms. The molecule has 0 aromatic heterocycles. The molecule has 1 aliphatic rings. The molecular formula is C32H29FN4O3. The zero-order valence-electron chi connectivity index (χ0n) is 21.8. The summed E-state index contributed by atoms with van der Waals surface area (Å²) >= 11 is 0. The van der Waals surface area contributed by atoms with Gasteiger partial charge in [0.25, 0.3) is 11.8 Å². The van der Waals surface area contributed by atoms with Gasteiger partial charge in [0.15, 0.2) is 6.61 Å². The molecule has 1 heterocycles. The lowest BCUT2D eigenvalue weighted by atomic mass is 9.99. The standard InChI is InChI=1S/C32H29FN4O3/c33-29-7-3-4-8-30(29)35-31(38)22-40-28-15-11-23(12-16-28)19-34-36-32(39)26-13-9-24(10-14-26)20-37-18-17-25-5-1-2-6-27(25)21-37/h1-16,19H,17-18,20-22H2,(H,35,38)(H,36,39)/b34-19-. The molecule has 2 amide bonds. The van der Waals surface area contributed by atoms with Crippen molar-refractivity contribution in [3.8, 4) is 5.75 Å². The predicted molar refractivity (Wildman–Crippen MR) is 153 cm³/mol. The number of ether oxygens (including phenoxy) is 1. The van der Waals surface area contributed by atoms with Gasteiger partial charge in [-0.3, -0.25) is 14.5 Å². The van der Waals surface area contributed by atoms with E-state index in [1.807, 2.05) is 24.3 Å². The Hall–Kier alpha value is -4.82. The van der Waals surface area contributed by atoms with Crippen LogP contribution >= 0.6 is 0 Å². The first-order valence-corrected chi connectivity index (χ1v) is 13.0. The Morgan fingerprint density at radius 3 is 2.40 bits per heavy atom. The second-order valence-corrected chi connectivity index (χ2v) is 9.51. The van der Waals surface area contributed by atoms with Crippen molar-refractivity contribution in [3.63, 3.8) is 0 Å². The molecule has 0 fully saturated rings. The van der Waals surface area contributed by atoms with Crippen molar-refractivity contribution in [3.05, 3.63) is 131 Å². The fourth-order valence-electron chi connectivity index (χ4n) is 4.49. The number of halogens is 1. The summed E-state index contributed by atoms with van der Waals surface area (Å²) < 4.78 is 19.1. The van der Waals surface area contributed by atoms with Crippen LogP contribution in [0.1, 0.15) is 32.6 Å². The number of rotatable bonds is 9. The Morgan fingerprint density at radius 1 is 0.900 bits per heavy atom. The van der Waals surface area contributed by atoms with Gasteiger partial charge in [-0.1, -0.05) is 48.5 Å². The van der Waals surface area contributed by atoms with Crippen LogP contribution in [0.2, 0.25) is 0 Å². The van der Waals surface area contributed by atoms with Crippen LogP contribution in [0.15, 0.2) is 102 Å². The average Bonchev–Trinajstić information content (AvgIpc) is 2.98. The molecule has 4 aromatic rings. The van der Waals surface area contributed by atoms with E-state index in [1.165, 1.54) is 29.5 Å². The Bertz CT molecular complexity index is 1500. The number of anilines is 1. The van der Waals surface area contributed by atoms with E-state index in [0.717, 1.165) is 37.2 Å². The van der Waals surface area contributed by atoms with Crippen LogP contribution in [-0.4, -0.2) is 36.1 Å². The first-order valence-electron chi connectivity index (χ1n) is 13.0. The third kappa shape index (κ3) is 7.18. The topological polar surface area (TPSA) is 83.0 Å². The van der Waals surface area contributed by atoms with Crippen molar-refractivity contribution in [1.29, 1.82) is 0 Å². The molecule has 0 radical (unpaired) electrons. The lowest BCUT2D eigenvalue weighted by Gasteiger charge is -2.28. The van der Waals surface area contributed by atoms with Gasteiger partial charge in [0.2, 0.25) is 0 Å². The van der Waals surface area contributed by atoms with Crippen LogP contribution < -0.4 is 15.5 Å². The molecule has 0 aliphatic carbocycles. The summed E-state index contributed by atoms with van der Waals surface area (Å²) in [7, 11) is 0. The molecule has 0 atom stereocenters. The van der Waals surface area contributed by atoms with Gasteiger partial charge in [-0.2, -0.15) is 5.10 Å². The van der Waals surface area contributed by atoms with Crippen molar-refractivity contribution in [2.45, 2.75) is 19.5 Å². The van der Waals surface area contributed by atoms with E-state index in [-0.39, 0.29) is 18.2 Å². The zero-order valence-corrected chi connectivity index (χ0v) is 21.8. The number of carbonyl (C=O) groups excluding carboxylic acids is 2. The highest BCUT2D eigenvalue weighted by Gasteiger charge is 2.16. The van der Waals surface area contributed by atoms with Crippen LogP contribution in [0.25, 0.3) is 0 Å². The van der Waals surface area contributed by atoms with E-state index in [1.54, 1.807) is 36.4 Å². The van der Waals surface area contributed by atoms with Crippen molar-refractivity contribution in [1.82, 2.24) is 10.3 Å². The number of carbonyl (C=O) groups is 2. The van der Waals surface area contributed by atoms with Crippen molar-refractivity contribution >= 4 is 23.7 Å². The van der Waals surface area contributed by atoms with Crippen molar-refractivity contribution in [2.24, 2.45) is 5.10 Å². The minimum Gasteiger partial charge on any atom is -0.484 e. The van der Waals surface area contributed by atoms with Crippen LogP contribution in [0, 0.1) is 5.82 Å². The molecule has 0 saturated heterocycles. The van der Waals surface area contributed by atoms with Gasteiger partial charge in [-0.25, -0.2) is 9.82 Å². The number of fused-ring (bicyclic) bond motifs is 1. The third-order valence-electron chi connectivity index (χ3n) is 6.61. The lowest BCUT2D eigenvalue weighted by Crippen LogP contribution is -2.30. The minimum absolute atomic E-state index is 0.101. The molecule has 2 N–H and O–H groups in total. The Kier molecular flexibility index (Phi) is 8.58. The van der Waals surface area contributed by atoms with Gasteiger partial charge in [0.1, 0.15) is 11.6 Å². The molecule has 0 spiro atoms. The van der Waals surface area contributed by atoms with Gasteiger partial charge >= 0.3 is 0 Å². The first-order chi connectivity index (χ1) is 19.5. The average molecular weight is 537 g/mol. The summed E-state index contributed by atoms with van der Waals surface area (Å²) in [6.07, 6.45) is 2.58. The summed E-state index contributed by atoms with van der Waals surface area (Å²) in [4.78, 5) is 26.9. The normalized spacial score (nSPS) is 13.0. The number of para-hydroxylation sites is 1. The molecule has 8 heteroatoms. The number of hydrogen-bond donors (Lipinski definition) is 2. The number of nitrogens with zero attached hydrogens (tertiary/aromatic N) is 2. The maximum absolute atomic E-state index is 13.6. The monoisotopic (exact) mass is 536 g/mol. The predicted octanol–water partition coefficient (Wildman–Crippen LogP) is 5.17. The molecule has 202 valence electrons. The van der Waals surface area contributed by atoms with E-state index in [0.29, 0.717) is 11.3 Å². The highest BCUT2D eigenvalue weighted by molar-refractivity contribution is 5.95. The maximum Gasteiger partial charge on any atom is 0.271 e. The largest absolute Gasteiger partial charge is 0.484 e. The van der Waals surface area contributed by atoms with Crippen LogP contribution in [-0.2, 0) is 24.3 Å². The number of hydrazone groups is 1. The van der Waals surface area contributed by atoms with Crippen LogP contribution in [0.4, 0.5) is 10.1 Å². The smallest absolute Gasteiger partial charge is 0.271 e. The Labute approximate surface area is 232 Å².